The molecule has 3 heterocycles. The summed E-state index contributed by atoms with van der Waals surface area (Å²) in [6.45, 7) is 21.1. The number of hydrogen-bond donors (Lipinski definition) is 1. The minimum atomic E-state index is -1.80. The van der Waals surface area contributed by atoms with Crippen molar-refractivity contribution in [2.24, 2.45) is 34.0 Å². The molecule has 13 nitrogen and oxygen atoms in total. The van der Waals surface area contributed by atoms with Crippen LogP contribution in [0.15, 0.2) is 35.1 Å². The molecule has 0 radical (unpaired) electrons. The largest absolute Gasteiger partial charge is 0.511 e. The molecule has 13 heteroatoms. The van der Waals surface area contributed by atoms with Crippen LogP contribution in [0.4, 0.5) is 0 Å². The van der Waals surface area contributed by atoms with Gasteiger partial charge in [-0.05, 0) is 38.2 Å². The summed E-state index contributed by atoms with van der Waals surface area (Å²) in [6.07, 6.45) is 2.38. The molecule has 3 saturated heterocycles. The molecule has 6 rings (SSSR count). The Labute approximate surface area is 318 Å². The summed E-state index contributed by atoms with van der Waals surface area (Å²) in [6, 6.07) is 0. The molecule has 2 spiro atoms. The molecule has 1 N–H and O–H groups in total. The molecule has 3 aliphatic carbocycles. The summed E-state index contributed by atoms with van der Waals surface area (Å²) in [7, 11) is 2.80. The van der Waals surface area contributed by atoms with Crippen molar-refractivity contribution >= 4 is 23.9 Å². The first-order valence-electron chi connectivity index (χ1n) is 19.0. The van der Waals surface area contributed by atoms with Gasteiger partial charge in [0.2, 0.25) is 0 Å². The number of methoxy groups -OCH3 is 2. The number of fused-ring (bicyclic) bond motifs is 3. The lowest BCUT2D eigenvalue weighted by molar-refractivity contribution is -0.476. The van der Waals surface area contributed by atoms with Gasteiger partial charge in [-0.1, -0.05) is 66.7 Å². The topological polar surface area (TPSA) is 162 Å². The van der Waals surface area contributed by atoms with Gasteiger partial charge in [0.15, 0.2) is 17.3 Å². The Morgan fingerprint density at radius 2 is 1.69 bits per heavy atom. The molecule has 300 valence electrons. The summed E-state index contributed by atoms with van der Waals surface area (Å²) in [5.74, 6) is -6.85. The molecule has 12 atom stereocenters. The number of rotatable bonds is 11. The number of ether oxygens (including phenoxy) is 8. The van der Waals surface area contributed by atoms with Crippen molar-refractivity contribution in [1.29, 1.82) is 0 Å². The van der Waals surface area contributed by atoms with Gasteiger partial charge in [-0.2, -0.15) is 0 Å². The monoisotopic (exact) mass is 758 g/mol. The number of allylic oxidation sites excluding steroid dienone is 3. The summed E-state index contributed by atoms with van der Waals surface area (Å²) in [5, 5.41) is 12.1. The first-order chi connectivity index (χ1) is 25.0. The molecular weight excluding hydrogens is 700 g/mol. The standard InChI is InChI=1S/C41H58O13/c1-15-18-24(16-2)30(49-22(6)42)34(8,9)29-27(28(45)21(4)5)31(46)51-33-40(29)38(17-3)36(11)25(19-26(44)47-13)35(10)20-39(36,53-37(12,52-38)54-40)41(33,48-14)32(35)50-23(7)43/h15-16,18,21,25,29-30,32-33,45H,17,19-20H2,1-14H3/b18-15-,24-16+,28-27-. The first kappa shape index (κ1) is 40.4. The van der Waals surface area contributed by atoms with E-state index in [0.29, 0.717) is 5.57 Å². The fraction of sp³-hybridized carbons (Fsp3) is 0.756. The molecule has 3 saturated carbocycles. The number of esters is 4. The van der Waals surface area contributed by atoms with Gasteiger partial charge in [0.05, 0.1) is 12.7 Å². The van der Waals surface area contributed by atoms with Crippen molar-refractivity contribution in [1.82, 2.24) is 0 Å². The van der Waals surface area contributed by atoms with Gasteiger partial charge in [0.1, 0.15) is 29.2 Å². The average molecular weight is 759 g/mol. The van der Waals surface area contributed by atoms with Crippen LogP contribution in [0.3, 0.4) is 0 Å². The van der Waals surface area contributed by atoms with Crippen molar-refractivity contribution in [2.75, 3.05) is 14.2 Å². The summed E-state index contributed by atoms with van der Waals surface area (Å²) in [5.41, 5.74) is -9.33. The van der Waals surface area contributed by atoms with Gasteiger partial charge in [-0.15, -0.1) is 0 Å². The molecule has 0 amide bonds. The molecule has 4 bridgehead atoms. The van der Waals surface area contributed by atoms with Crippen molar-refractivity contribution < 1.29 is 62.2 Å². The molecule has 6 fully saturated rings. The number of carbonyl (C=O) groups is 4. The maximum absolute atomic E-state index is 15.0. The second-order valence-corrected chi connectivity index (χ2v) is 17.4. The quantitative estimate of drug-likeness (QED) is 0.0887. The van der Waals surface area contributed by atoms with E-state index in [-0.39, 0.29) is 30.6 Å². The van der Waals surface area contributed by atoms with Crippen LogP contribution in [0.25, 0.3) is 0 Å². The predicted octanol–water partition coefficient (Wildman–Crippen LogP) is 5.79. The maximum Gasteiger partial charge on any atom is 0.338 e. The van der Waals surface area contributed by atoms with Crippen LogP contribution >= 0.6 is 0 Å². The number of aliphatic hydroxyl groups excluding tert-OH is 1. The molecule has 12 unspecified atom stereocenters. The third-order valence-corrected chi connectivity index (χ3v) is 14.3. The van der Waals surface area contributed by atoms with Crippen LogP contribution in [0.5, 0.6) is 0 Å². The van der Waals surface area contributed by atoms with E-state index in [2.05, 4.69) is 0 Å². The van der Waals surface area contributed by atoms with E-state index < -0.39 is 105 Å². The smallest absolute Gasteiger partial charge is 0.338 e. The highest BCUT2D eigenvalue weighted by Crippen LogP contribution is 2.89. The average Bonchev–Trinajstić information content (AvgIpc) is 3.52. The number of aliphatic hydroxyl groups is 1. The van der Waals surface area contributed by atoms with Crippen LogP contribution in [0.2, 0.25) is 0 Å². The van der Waals surface area contributed by atoms with E-state index in [4.69, 9.17) is 37.9 Å². The molecule has 0 aromatic carbocycles. The third-order valence-electron chi connectivity index (χ3n) is 14.3. The zero-order valence-electron chi connectivity index (χ0n) is 34.2. The maximum atomic E-state index is 15.0. The number of carbonyl (C=O) groups excluding carboxylic acids is 4. The highest BCUT2D eigenvalue weighted by molar-refractivity contribution is 5.92. The third kappa shape index (κ3) is 4.35. The minimum absolute atomic E-state index is 0.0668. The van der Waals surface area contributed by atoms with Gasteiger partial charge in [-0.25, -0.2) is 4.79 Å². The fourth-order valence-electron chi connectivity index (χ4n) is 13.0. The van der Waals surface area contributed by atoms with Gasteiger partial charge >= 0.3 is 23.9 Å². The van der Waals surface area contributed by atoms with Gasteiger partial charge in [-0.3, -0.25) is 14.4 Å². The highest BCUT2D eigenvalue weighted by Gasteiger charge is 3.04. The van der Waals surface area contributed by atoms with Gasteiger partial charge < -0.3 is 43.0 Å². The lowest BCUT2D eigenvalue weighted by Gasteiger charge is -2.76. The fourth-order valence-corrected chi connectivity index (χ4v) is 13.0. The summed E-state index contributed by atoms with van der Waals surface area (Å²) in [4.78, 5) is 54.7. The Kier molecular flexibility index (Phi) is 9.25. The summed E-state index contributed by atoms with van der Waals surface area (Å²) >= 11 is 0. The Morgan fingerprint density at radius 3 is 2.19 bits per heavy atom. The lowest BCUT2D eigenvalue weighted by atomic mass is 9.35. The van der Waals surface area contributed by atoms with Crippen molar-refractivity contribution in [3.8, 4) is 0 Å². The summed E-state index contributed by atoms with van der Waals surface area (Å²) < 4.78 is 53.2. The van der Waals surface area contributed by atoms with E-state index in [1.807, 2.05) is 66.7 Å². The molecule has 54 heavy (non-hydrogen) atoms. The van der Waals surface area contributed by atoms with Gasteiger partial charge in [0, 0.05) is 62.4 Å². The lowest BCUT2D eigenvalue weighted by Crippen LogP contribution is -2.93. The highest BCUT2D eigenvalue weighted by atomic mass is 16.9. The van der Waals surface area contributed by atoms with E-state index >= 15 is 0 Å². The van der Waals surface area contributed by atoms with E-state index in [0.717, 1.165) is 0 Å². The van der Waals surface area contributed by atoms with Crippen LogP contribution in [-0.2, 0) is 57.1 Å². The SMILES string of the molecule is C/C=C\C(=C/C)C(OC(C)=O)C(C)(C)C1/C(=C(/O)C(C)C)C(=O)OC2C13OC1(C)OC3(CC)C3(C)C(CC(=O)OC)C4(C)CC3(O1)C2(OC)C4OC(C)=O. The van der Waals surface area contributed by atoms with Gasteiger partial charge in [0.25, 0.3) is 5.97 Å². The Morgan fingerprint density at radius 1 is 1.04 bits per heavy atom. The molecule has 6 aliphatic rings. The van der Waals surface area contributed by atoms with Crippen LogP contribution in [0, 0.1) is 34.0 Å². The van der Waals surface area contributed by atoms with E-state index in [1.54, 1.807) is 20.8 Å². The van der Waals surface area contributed by atoms with E-state index in [1.165, 1.54) is 28.1 Å². The normalized spacial score (nSPS) is 44.6. The van der Waals surface area contributed by atoms with Crippen LogP contribution < -0.4 is 0 Å². The Bertz CT molecular complexity index is 1740. The zero-order valence-corrected chi connectivity index (χ0v) is 34.2. The first-order valence-corrected chi connectivity index (χ1v) is 19.0. The molecule has 3 aliphatic heterocycles. The minimum Gasteiger partial charge on any atom is -0.511 e. The second-order valence-electron chi connectivity index (χ2n) is 17.4. The van der Waals surface area contributed by atoms with Crippen molar-refractivity contribution in [3.63, 3.8) is 0 Å². The Hall–Kier alpha value is -3.26. The number of hydrogen-bond acceptors (Lipinski definition) is 13. The van der Waals surface area contributed by atoms with Crippen molar-refractivity contribution in [2.45, 2.75) is 149 Å². The van der Waals surface area contributed by atoms with Crippen molar-refractivity contribution in [3.05, 3.63) is 35.1 Å². The second kappa shape index (κ2) is 12.4. The van der Waals surface area contributed by atoms with Crippen LogP contribution in [0.1, 0.15) is 102 Å². The van der Waals surface area contributed by atoms with E-state index in [9.17, 15) is 24.3 Å². The van der Waals surface area contributed by atoms with Crippen LogP contribution in [-0.4, -0.2) is 89.9 Å². The Balaban J connectivity index is 1.83. The molecular formula is C41H58O13. The molecule has 0 aromatic heterocycles. The predicted molar refractivity (Wildman–Crippen MR) is 192 cm³/mol. The zero-order chi connectivity index (χ0) is 40.4. The molecule has 0 aromatic rings.